The number of aryl methyl sites for hydroxylation is 1. The summed E-state index contributed by atoms with van der Waals surface area (Å²) in [6.45, 7) is 10.4. The molecule has 3 nitrogen and oxygen atoms in total. The van der Waals surface area contributed by atoms with E-state index >= 15 is 0 Å². The van der Waals surface area contributed by atoms with Crippen LogP contribution in [0.3, 0.4) is 0 Å². The highest BCUT2D eigenvalue weighted by atomic mass is 16.5. The van der Waals surface area contributed by atoms with Crippen LogP contribution >= 0.6 is 0 Å². The fraction of sp³-hybridized carbons (Fsp3) is 0.600. The van der Waals surface area contributed by atoms with Crippen molar-refractivity contribution in [3.8, 4) is 0 Å². The van der Waals surface area contributed by atoms with Gasteiger partial charge in [-0.05, 0) is 19.4 Å². The number of benzene rings is 1. The van der Waals surface area contributed by atoms with Gasteiger partial charge in [-0.25, -0.2) is 0 Å². The third-order valence-corrected chi connectivity index (χ3v) is 3.56. The van der Waals surface area contributed by atoms with Crippen molar-refractivity contribution in [3.63, 3.8) is 0 Å². The first kappa shape index (κ1) is 13.5. The second-order valence-electron chi connectivity index (χ2n) is 5.04. The van der Waals surface area contributed by atoms with Crippen molar-refractivity contribution in [1.29, 1.82) is 0 Å². The van der Waals surface area contributed by atoms with Crippen LogP contribution in [-0.2, 0) is 4.74 Å². The molecule has 1 aliphatic rings. The molecule has 2 rings (SSSR count). The summed E-state index contributed by atoms with van der Waals surface area (Å²) in [5, 5.41) is 3.58. The molecule has 0 unspecified atom stereocenters. The molecule has 0 saturated carbocycles. The maximum absolute atomic E-state index is 5.35. The maximum Gasteiger partial charge on any atom is 0.0594 e. The van der Waals surface area contributed by atoms with E-state index in [1.54, 1.807) is 0 Å². The molecule has 1 aromatic carbocycles. The molecule has 1 N–H and O–H groups in total. The molecule has 0 radical (unpaired) electrons. The quantitative estimate of drug-likeness (QED) is 0.862. The van der Waals surface area contributed by atoms with E-state index in [1.807, 2.05) is 0 Å². The normalized spacial score (nSPS) is 18.8. The van der Waals surface area contributed by atoms with Gasteiger partial charge in [-0.2, -0.15) is 0 Å². The Balaban J connectivity index is 1.70. The summed E-state index contributed by atoms with van der Waals surface area (Å²) in [6, 6.07) is 9.20. The number of rotatable bonds is 5. The first-order valence-electron chi connectivity index (χ1n) is 6.86. The lowest BCUT2D eigenvalue weighted by atomic mass is 10.1. The van der Waals surface area contributed by atoms with Gasteiger partial charge in [-0.15, -0.1) is 0 Å². The van der Waals surface area contributed by atoms with Crippen molar-refractivity contribution in [2.75, 3.05) is 39.4 Å². The summed E-state index contributed by atoms with van der Waals surface area (Å²) in [7, 11) is 0. The summed E-state index contributed by atoms with van der Waals surface area (Å²) >= 11 is 0. The molecule has 18 heavy (non-hydrogen) atoms. The molecule has 0 spiro atoms. The minimum Gasteiger partial charge on any atom is -0.379 e. The smallest absolute Gasteiger partial charge is 0.0594 e. The van der Waals surface area contributed by atoms with Gasteiger partial charge >= 0.3 is 0 Å². The molecule has 0 bridgehead atoms. The second-order valence-corrected chi connectivity index (χ2v) is 5.04. The van der Waals surface area contributed by atoms with E-state index in [0.717, 1.165) is 39.4 Å². The van der Waals surface area contributed by atoms with E-state index in [9.17, 15) is 0 Å². The summed E-state index contributed by atoms with van der Waals surface area (Å²) in [5.74, 6) is 0. The summed E-state index contributed by atoms with van der Waals surface area (Å²) in [4.78, 5) is 2.46. The van der Waals surface area contributed by atoms with Gasteiger partial charge in [-0.3, -0.25) is 4.90 Å². The van der Waals surface area contributed by atoms with Crippen LogP contribution in [0.4, 0.5) is 0 Å². The average molecular weight is 248 g/mol. The van der Waals surface area contributed by atoms with Crippen LogP contribution in [0.1, 0.15) is 24.1 Å². The molecule has 0 aliphatic carbocycles. The largest absolute Gasteiger partial charge is 0.379 e. The van der Waals surface area contributed by atoms with Gasteiger partial charge in [0.25, 0.3) is 0 Å². The Morgan fingerprint density at radius 3 is 2.56 bits per heavy atom. The predicted octanol–water partition coefficient (Wildman–Crippen LogP) is 1.98. The van der Waals surface area contributed by atoms with Gasteiger partial charge in [0.05, 0.1) is 13.2 Å². The van der Waals surface area contributed by atoms with Crippen LogP contribution in [0, 0.1) is 6.92 Å². The van der Waals surface area contributed by atoms with E-state index in [-0.39, 0.29) is 0 Å². The molecular weight excluding hydrogens is 224 g/mol. The van der Waals surface area contributed by atoms with E-state index in [4.69, 9.17) is 4.74 Å². The molecule has 1 atom stereocenters. The maximum atomic E-state index is 5.35. The second kappa shape index (κ2) is 6.88. The van der Waals surface area contributed by atoms with Gasteiger partial charge in [0.1, 0.15) is 0 Å². The standard InChI is InChI=1S/C15H24N2O/c1-13-3-5-15(6-4-13)14(2)16-7-8-17-9-11-18-12-10-17/h3-6,14,16H,7-12H2,1-2H3/t14-/m0/s1. The minimum atomic E-state index is 0.423. The highest BCUT2D eigenvalue weighted by Crippen LogP contribution is 2.12. The first-order valence-corrected chi connectivity index (χ1v) is 6.86. The highest BCUT2D eigenvalue weighted by Gasteiger charge is 2.10. The molecule has 1 fully saturated rings. The summed E-state index contributed by atoms with van der Waals surface area (Å²) < 4.78 is 5.35. The molecule has 3 heteroatoms. The zero-order valence-electron chi connectivity index (χ0n) is 11.5. The van der Waals surface area contributed by atoms with Crippen molar-refractivity contribution < 1.29 is 4.74 Å². The Kier molecular flexibility index (Phi) is 5.17. The summed E-state index contributed by atoms with van der Waals surface area (Å²) in [6.07, 6.45) is 0. The van der Waals surface area contributed by atoms with Crippen molar-refractivity contribution >= 4 is 0 Å². The molecule has 100 valence electrons. The molecular formula is C15H24N2O. The van der Waals surface area contributed by atoms with Gasteiger partial charge in [0.2, 0.25) is 0 Å². The number of nitrogens with zero attached hydrogens (tertiary/aromatic N) is 1. The zero-order valence-corrected chi connectivity index (χ0v) is 11.5. The Hall–Kier alpha value is -0.900. The summed E-state index contributed by atoms with van der Waals surface area (Å²) in [5.41, 5.74) is 2.68. The third-order valence-electron chi connectivity index (χ3n) is 3.56. The molecule has 1 aromatic rings. The lowest BCUT2D eigenvalue weighted by Crippen LogP contribution is -2.40. The number of ether oxygens (including phenoxy) is 1. The Labute approximate surface area is 110 Å². The number of hydrogen-bond acceptors (Lipinski definition) is 3. The molecule has 1 aliphatic heterocycles. The van der Waals surface area contributed by atoms with Crippen LogP contribution in [0.5, 0.6) is 0 Å². The topological polar surface area (TPSA) is 24.5 Å². The SMILES string of the molecule is Cc1ccc([C@H](C)NCCN2CCOCC2)cc1. The van der Waals surface area contributed by atoms with Crippen LogP contribution in [0.2, 0.25) is 0 Å². The molecule has 0 amide bonds. The predicted molar refractivity (Wildman–Crippen MR) is 74.9 cm³/mol. The van der Waals surface area contributed by atoms with E-state index in [2.05, 4.69) is 48.3 Å². The lowest BCUT2D eigenvalue weighted by Gasteiger charge is -2.27. The Morgan fingerprint density at radius 2 is 1.89 bits per heavy atom. The third kappa shape index (κ3) is 4.09. The molecule has 1 heterocycles. The van der Waals surface area contributed by atoms with Gasteiger partial charge in [-0.1, -0.05) is 29.8 Å². The highest BCUT2D eigenvalue weighted by molar-refractivity contribution is 5.23. The van der Waals surface area contributed by atoms with E-state index in [0.29, 0.717) is 6.04 Å². The van der Waals surface area contributed by atoms with Gasteiger partial charge in [0.15, 0.2) is 0 Å². The van der Waals surface area contributed by atoms with Gasteiger partial charge < -0.3 is 10.1 Å². The van der Waals surface area contributed by atoms with Crippen molar-refractivity contribution in [2.45, 2.75) is 19.9 Å². The zero-order chi connectivity index (χ0) is 12.8. The van der Waals surface area contributed by atoms with Crippen LogP contribution in [0.15, 0.2) is 24.3 Å². The van der Waals surface area contributed by atoms with Crippen molar-refractivity contribution in [3.05, 3.63) is 35.4 Å². The Morgan fingerprint density at radius 1 is 1.22 bits per heavy atom. The van der Waals surface area contributed by atoms with Crippen LogP contribution in [-0.4, -0.2) is 44.3 Å². The number of hydrogen-bond donors (Lipinski definition) is 1. The molecule has 1 saturated heterocycles. The van der Waals surface area contributed by atoms with Crippen LogP contribution < -0.4 is 5.32 Å². The molecule has 0 aromatic heterocycles. The van der Waals surface area contributed by atoms with Crippen molar-refractivity contribution in [1.82, 2.24) is 10.2 Å². The first-order chi connectivity index (χ1) is 8.75. The Bertz CT molecular complexity index is 344. The monoisotopic (exact) mass is 248 g/mol. The average Bonchev–Trinajstić information content (AvgIpc) is 2.40. The number of nitrogens with one attached hydrogen (secondary N) is 1. The van der Waals surface area contributed by atoms with Crippen molar-refractivity contribution in [2.24, 2.45) is 0 Å². The number of morpholine rings is 1. The van der Waals surface area contributed by atoms with E-state index < -0.39 is 0 Å². The fourth-order valence-corrected chi connectivity index (χ4v) is 2.24. The van der Waals surface area contributed by atoms with Crippen LogP contribution in [0.25, 0.3) is 0 Å². The lowest BCUT2D eigenvalue weighted by molar-refractivity contribution is 0.0382. The van der Waals surface area contributed by atoms with Gasteiger partial charge in [0, 0.05) is 32.2 Å². The minimum absolute atomic E-state index is 0.423. The van der Waals surface area contributed by atoms with E-state index in [1.165, 1.54) is 11.1 Å². The fourth-order valence-electron chi connectivity index (χ4n) is 2.24.